The first kappa shape index (κ1) is 18.8. The Labute approximate surface area is 169 Å². The van der Waals surface area contributed by atoms with Gasteiger partial charge >= 0.3 is 0 Å². The van der Waals surface area contributed by atoms with Crippen molar-refractivity contribution < 1.29 is 18.4 Å². The molecule has 3 aromatic heterocycles. The third kappa shape index (κ3) is 4.02. The Morgan fingerprint density at radius 3 is 2.69 bits per heavy atom. The molecule has 0 bridgehead atoms. The number of rotatable bonds is 6. The van der Waals surface area contributed by atoms with Crippen LogP contribution in [0.2, 0.25) is 0 Å². The van der Waals surface area contributed by atoms with Crippen LogP contribution < -0.4 is 5.32 Å². The largest absolute Gasteiger partial charge is 0.461 e. The minimum Gasteiger partial charge on any atom is -0.461 e. The Bertz CT molecular complexity index is 1160. The highest BCUT2D eigenvalue weighted by Gasteiger charge is 2.17. The minimum absolute atomic E-state index is 0.187. The highest BCUT2D eigenvalue weighted by atomic mass is 32.1. The van der Waals surface area contributed by atoms with Gasteiger partial charge in [-0.05, 0) is 54.6 Å². The van der Waals surface area contributed by atoms with Gasteiger partial charge < -0.3 is 9.73 Å². The van der Waals surface area contributed by atoms with E-state index in [-0.39, 0.29) is 29.8 Å². The zero-order valence-electron chi connectivity index (χ0n) is 15.4. The Morgan fingerprint density at radius 2 is 1.97 bits per heavy atom. The highest BCUT2D eigenvalue weighted by Crippen LogP contribution is 2.21. The monoisotopic (exact) mass is 409 g/mol. The SMILES string of the molecule is Cn1nc(-c2ccc(F)cc2)cc1C(=O)NCc1ccc(C(=O)c2ccco2)s1. The summed E-state index contributed by atoms with van der Waals surface area (Å²) in [6.45, 7) is 0.284. The van der Waals surface area contributed by atoms with E-state index in [1.54, 1.807) is 49.5 Å². The lowest BCUT2D eigenvalue weighted by Crippen LogP contribution is -2.24. The average Bonchev–Trinajstić information content (AvgIpc) is 3.47. The summed E-state index contributed by atoms with van der Waals surface area (Å²) >= 11 is 1.30. The maximum atomic E-state index is 13.1. The average molecular weight is 409 g/mol. The number of aryl methyl sites for hydroxylation is 1. The number of nitrogens with one attached hydrogen (secondary N) is 1. The topological polar surface area (TPSA) is 77.1 Å². The molecule has 1 amide bonds. The molecule has 1 N–H and O–H groups in total. The number of halogens is 1. The van der Waals surface area contributed by atoms with Crippen molar-refractivity contribution in [2.45, 2.75) is 6.54 Å². The van der Waals surface area contributed by atoms with Crippen molar-refractivity contribution in [2.24, 2.45) is 7.05 Å². The standard InChI is InChI=1S/C21H16FN3O3S/c1-25-17(11-16(24-25)13-4-6-14(22)7-5-13)21(27)23-12-15-8-9-19(29-15)20(26)18-3-2-10-28-18/h2-11H,12H2,1H3,(H,23,27). The van der Waals surface area contributed by atoms with Gasteiger partial charge in [-0.3, -0.25) is 14.3 Å². The maximum Gasteiger partial charge on any atom is 0.269 e. The number of ketones is 1. The molecule has 6 nitrogen and oxygen atoms in total. The van der Waals surface area contributed by atoms with Crippen molar-refractivity contribution in [3.8, 4) is 11.3 Å². The molecular weight excluding hydrogens is 393 g/mol. The molecular formula is C21H16FN3O3S. The van der Waals surface area contributed by atoms with E-state index >= 15 is 0 Å². The Balaban J connectivity index is 1.43. The lowest BCUT2D eigenvalue weighted by molar-refractivity contribution is 0.0941. The number of furan rings is 1. The van der Waals surface area contributed by atoms with Crippen molar-refractivity contribution >= 4 is 23.0 Å². The molecule has 0 saturated carbocycles. The van der Waals surface area contributed by atoms with Crippen molar-refractivity contribution in [3.05, 3.63) is 87.9 Å². The molecule has 0 aliphatic rings. The normalized spacial score (nSPS) is 10.8. The quantitative estimate of drug-likeness (QED) is 0.488. The molecule has 3 heterocycles. The summed E-state index contributed by atoms with van der Waals surface area (Å²) in [5, 5.41) is 7.16. The van der Waals surface area contributed by atoms with Gasteiger partial charge in [-0.1, -0.05) is 0 Å². The van der Waals surface area contributed by atoms with Crippen LogP contribution in [0.1, 0.15) is 30.8 Å². The first-order valence-electron chi connectivity index (χ1n) is 8.76. The Kier molecular flexibility index (Phi) is 5.09. The molecule has 0 unspecified atom stereocenters. The van der Waals surface area contributed by atoms with E-state index in [9.17, 15) is 14.0 Å². The highest BCUT2D eigenvalue weighted by molar-refractivity contribution is 7.14. The zero-order chi connectivity index (χ0) is 20.4. The summed E-state index contributed by atoms with van der Waals surface area (Å²) < 4.78 is 19.7. The summed E-state index contributed by atoms with van der Waals surface area (Å²) in [5.74, 6) is -0.525. The predicted octanol–water partition coefficient (Wildman–Crippen LogP) is 4.04. The van der Waals surface area contributed by atoms with Gasteiger partial charge in [0.15, 0.2) is 5.76 Å². The van der Waals surface area contributed by atoms with E-state index in [2.05, 4.69) is 10.4 Å². The van der Waals surface area contributed by atoms with E-state index in [4.69, 9.17) is 4.42 Å². The van der Waals surface area contributed by atoms with E-state index in [0.29, 0.717) is 16.3 Å². The smallest absolute Gasteiger partial charge is 0.269 e. The van der Waals surface area contributed by atoms with Gasteiger partial charge in [-0.25, -0.2) is 4.39 Å². The Hall–Kier alpha value is -3.52. The minimum atomic E-state index is -0.330. The van der Waals surface area contributed by atoms with E-state index in [1.165, 1.54) is 34.4 Å². The number of hydrogen-bond acceptors (Lipinski definition) is 5. The first-order valence-corrected chi connectivity index (χ1v) is 9.58. The third-order valence-corrected chi connectivity index (χ3v) is 5.39. The summed E-state index contributed by atoms with van der Waals surface area (Å²) in [4.78, 5) is 26.2. The molecule has 8 heteroatoms. The second-order valence-corrected chi connectivity index (χ2v) is 7.47. The second-order valence-electron chi connectivity index (χ2n) is 6.30. The Morgan fingerprint density at radius 1 is 1.17 bits per heavy atom. The van der Waals surface area contributed by atoms with Crippen LogP contribution in [-0.4, -0.2) is 21.5 Å². The van der Waals surface area contributed by atoms with Gasteiger partial charge in [-0.2, -0.15) is 5.10 Å². The summed E-state index contributed by atoms with van der Waals surface area (Å²) in [6.07, 6.45) is 1.45. The van der Waals surface area contributed by atoms with Crippen LogP contribution in [0.5, 0.6) is 0 Å². The molecule has 146 valence electrons. The fourth-order valence-electron chi connectivity index (χ4n) is 2.82. The number of thiophene rings is 1. The summed E-state index contributed by atoms with van der Waals surface area (Å²) in [6, 6.07) is 14.4. The number of carbonyl (C=O) groups excluding carboxylic acids is 2. The van der Waals surface area contributed by atoms with Gasteiger partial charge in [0, 0.05) is 17.5 Å². The van der Waals surface area contributed by atoms with Crippen LogP contribution in [0.15, 0.2) is 65.3 Å². The van der Waals surface area contributed by atoms with Crippen LogP contribution in [0.4, 0.5) is 4.39 Å². The maximum absolute atomic E-state index is 13.1. The summed E-state index contributed by atoms with van der Waals surface area (Å²) in [5.41, 5.74) is 1.69. The molecule has 0 radical (unpaired) electrons. The third-order valence-electron chi connectivity index (χ3n) is 4.31. The number of amides is 1. The number of hydrogen-bond donors (Lipinski definition) is 1. The van der Waals surface area contributed by atoms with E-state index in [1.807, 2.05) is 0 Å². The van der Waals surface area contributed by atoms with E-state index in [0.717, 1.165) is 10.4 Å². The molecule has 1 aromatic carbocycles. The zero-order valence-corrected chi connectivity index (χ0v) is 16.2. The molecule has 0 fully saturated rings. The van der Waals surface area contributed by atoms with Crippen molar-refractivity contribution in [3.63, 3.8) is 0 Å². The van der Waals surface area contributed by atoms with Crippen LogP contribution >= 0.6 is 11.3 Å². The van der Waals surface area contributed by atoms with Gasteiger partial charge in [0.1, 0.15) is 11.5 Å². The lowest BCUT2D eigenvalue weighted by Gasteiger charge is -2.03. The molecule has 0 aliphatic carbocycles. The van der Waals surface area contributed by atoms with Crippen LogP contribution in [-0.2, 0) is 13.6 Å². The number of benzene rings is 1. The van der Waals surface area contributed by atoms with Gasteiger partial charge in [-0.15, -0.1) is 11.3 Å². The lowest BCUT2D eigenvalue weighted by atomic mass is 10.1. The fraction of sp³-hybridized carbons (Fsp3) is 0.0952. The fourth-order valence-corrected chi connectivity index (χ4v) is 3.72. The number of carbonyl (C=O) groups is 2. The summed E-state index contributed by atoms with van der Waals surface area (Å²) in [7, 11) is 1.67. The number of nitrogens with zero attached hydrogens (tertiary/aromatic N) is 2. The molecule has 0 aliphatic heterocycles. The van der Waals surface area contributed by atoms with Gasteiger partial charge in [0.05, 0.1) is 23.4 Å². The molecule has 29 heavy (non-hydrogen) atoms. The van der Waals surface area contributed by atoms with E-state index < -0.39 is 0 Å². The predicted molar refractivity (Wildman–Crippen MR) is 106 cm³/mol. The number of aromatic nitrogens is 2. The molecule has 4 aromatic rings. The van der Waals surface area contributed by atoms with Crippen molar-refractivity contribution in [1.29, 1.82) is 0 Å². The van der Waals surface area contributed by atoms with Crippen LogP contribution in [0, 0.1) is 5.82 Å². The van der Waals surface area contributed by atoms with Gasteiger partial charge in [0.25, 0.3) is 5.91 Å². The molecule has 0 atom stereocenters. The molecule has 0 spiro atoms. The second kappa shape index (κ2) is 7.84. The van der Waals surface area contributed by atoms with Crippen molar-refractivity contribution in [2.75, 3.05) is 0 Å². The van der Waals surface area contributed by atoms with Crippen molar-refractivity contribution in [1.82, 2.24) is 15.1 Å². The van der Waals surface area contributed by atoms with Crippen LogP contribution in [0.3, 0.4) is 0 Å². The first-order chi connectivity index (χ1) is 14.0. The van der Waals surface area contributed by atoms with Gasteiger partial charge in [0.2, 0.25) is 5.78 Å². The van der Waals surface area contributed by atoms with Crippen LogP contribution in [0.25, 0.3) is 11.3 Å². The molecule has 0 saturated heterocycles. The molecule has 4 rings (SSSR count).